The molecular weight excluding hydrogens is 230 g/mol. The van der Waals surface area contributed by atoms with E-state index in [0.717, 1.165) is 32.4 Å². The van der Waals surface area contributed by atoms with Gasteiger partial charge in [0.15, 0.2) is 0 Å². The molecule has 1 fully saturated rings. The topological polar surface area (TPSA) is 84.2 Å². The lowest BCUT2D eigenvalue weighted by Gasteiger charge is -2.22. The van der Waals surface area contributed by atoms with Crippen molar-refractivity contribution in [2.45, 2.75) is 44.9 Å². The van der Waals surface area contributed by atoms with Crippen LogP contribution in [0.5, 0.6) is 0 Å². The number of carbonyl (C=O) groups is 2. The molecular formula is C13H25N3O2. The molecule has 1 unspecified atom stereocenters. The molecule has 1 heterocycles. The first-order valence-electron chi connectivity index (χ1n) is 6.94. The largest absolute Gasteiger partial charge is 0.370 e. The molecule has 0 saturated carbocycles. The maximum absolute atomic E-state index is 11.6. The van der Waals surface area contributed by atoms with E-state index >= 15 is 0 Å². The van der Waals surface area contributed by atoms with Gasteiger partial charge < -0.3 is 16.4 Å². The van der Waals surface area contributed by atoms with Gasteiger partial charge >= 0.3 is 0 Å². The Labute approximate surface area is 109 Å². The maximum atomic E-state index is 11.6. The summed E-state index contributed by atoms with van der Waals surface area (Å²) in [5, 5.41) is 6.24. The van der Waals surface area contributed by atoms with Gasteiger partial charge in [0, 0.05) is 19.4 Å². The number of carbonyl (C=O) groups excluding carboxylic acids is 2. The minimum atomic E-state index is -0.272. The smallest absolute Gasteiger partial charge is 0.220 e. The third-order valence-electron chi connectivity index (χ3n) is 3.35. The summed E-state index contributed by atoms with van der Waals surface area (Å²) in [7, 11) is 0. The summed E-state index contributed by atoms with van der Waals surface area (Å²) in [4.78, 5) is 22.1. The average molecular weight is 255 g/mol. The van der Waals surface area contributed by atoms with Crippen LogP contribution in [0.15, 0.2) is 0 Å². The first-order valence-corrected chi connectivity index (χ1v) is 6.94. The Balaban J connectivity index is 1.94. The van der Waals surface area contributed by atoms with Gasteiger partial charge in [-0.2, -0.15) is 0 Å². The van der Waals surface area contributed by atoms with Crippen LogP contribution >= 0.6 is 0 Å². The highest BCUT2D eigenvalue weighted by Crippen LogP contribution is 2.15. The molecule has 1 aliphatic rings. The van der Waals surface area contributed by atoms with Crippen LogP contribution in [0.3, 0.4) is 0 Å². The standard InChI is InChI=1S/C13H25N3O2/c14-12(17)5-1-2-9-16-13(18)7-6-11-4-3-8-15-10-11/h11,15H,1-10H2,(H2,14,17)(H,16,18). The molecule has 0 bridgehead atoms. The Kier molecular flexibility index (Phi) is 7.41. The molecule has 5 nitrogen and oxygen atoms in total. The molecule has 0 spiro atoms. The molecule has 4 N–H and O–H groups in total. The maximum Gasteiger partial charge on any atom is 0.220 e. The molecule has 0 aromatic heterocycles. The van der Waals surface area contributed by atoms with Gasteiger partial charge in [0.25, 0.3) is 0 Å². The summed E-state index contributed by atoms with van der Waals surface area (Å²) in [6, 6.07) is 0. The van der Waals surface area contributed by atoms with Crippen LogP contribution in [0.4, 0.5) is 0 Å². The van der Waals surface area contributed by atoms with Crippen LogP contribution in [-0.4, -0.2) is 31.4 Å². The number of primary amides is 1. The molecule has 18 heavy (non-hydrogen) atoms. The van der Waals surface area contributed by atoms with E-state index < -0.39 is 0 Å². The summed E-state index contributed by atoms with van der Waals surface area (Å²) in [5.41, 5.74) is 5.03. The Hall–Kier alpha value is -1.10. The number of hydrogen-bond acceptors (Lipinski definition) is 3. The van der Waals surface area contributed by atoms with E-state index in [4.69, 9.17) is 5.73 Å². The molecule has 0 aromatic rings. The number of nitrogens with one attached hydrogen (secondary N) is 2. The molecule has 1 atom stereocenters. The Morgan fingerprint density at radius 1 is 1.28 bits per heavy atom. The van der Waals surface area contributed by atoms with Gasteiger partial charge in [0.2, 0.25) is 11.8 Å². The molecule has 5 heteroatoms. The zero-order valence-corrected chi connectivity index (χ0v) is 11.0. The number of amides is 2. The van der Waals surface area contributed by atoms with Crippen molar-refractivity contribution in [2.75, 3.05) is 19.6 Å². The molecule has 104 valence electrons. The van der Waals surface area contributed by atoms with Crippen molar-refractivity contribution < 1.29 is 9.59 Å². The van der Waals surface area contributed by atoms with Crippen molar-refractivity contribution in [3.63, 3.8) is 0 Å². The zero-order valence-electron chi connectivity index (χ0n) is 11.0. The number of piperidine rings is 1. The fourth-order valence-electron chi connectivity index (χ4n) is 2.25. The summed E-state index contributed by atoms with van der Waals surface area (Å²) < 4.78 is 0. The SMILES string of the molecule is NC(=O)CCCCNC(=O)CCC1CCCNC1. The first kappa shape index (κ1) is 15.0. The van der Waals surface area contributed by atoms with Crippen molar-refractivity contribution >= 4 is 11.8 Å². The number of nitrogens with two attached hydrogens (primary N) is 1. The quantitative estimate of drug-likeness (QED) is 0.553. The molecule has 0 radical (unpaired) electrons. The van der Waals surface area contributed by atoms with E-state index in [1.54, 1.807) is 0 Å². The highest BCUT2D eigenvalue weighted by molar-refractivity contribution is 5.75. The molecule has 1 aliphatic heterocycles. The first-order chi connectivity index (χ1) is 8.68. The Bertz CT molecular complexity index is 263. The van der Waals surface area contributed by atoms with Crippen molar-refractivity contribution in [1.29, 1.82) is 0 Å². The van der Waals surface area contributed by atoms with Crippen molar-refractivity contribution in [2.24, 2.45) is 11.7 Å². The summed E-state index contributed by atoms with van der Waals surface area (Å²) >= 11 is 0. The number of hydrogen-bond donors (Lipinski definition) is 3. The fourth-order valence-corrected chi connectivity index (χ4v) is 2.25. The van der Waals surface area contributed by atoms with Gasteiger partial charge in [0.05, 0.1) is 0 Å². The van der Waals surface area contributed by atoms with Crippen LogP contribution < -0.4 is 16.4 Å². The second-order valence-electron chi connectivity index (χ2n) is 5.02. The van der Waals surface area contributed by atoms with Gasteiger partial charge in [0.1, 0.15) is 0 Å². The Morgan fingerprint density at radius 2 is 2.11 bits per heavy atom. The number of rotatable bonds is 8. The van der Waals surface area contributed by atoms with Crippen molar-refractivity contribution in [3.05, 3.63) is 0 Å². The summed E-state index contributed by atoms with van der Waals surface area (Å²) in [6.07, 6.45) is 6.02. The highest BCUT2D eigenvalue weighted by Gasteiger charge is 2.14. The van der Waals surface area contributed by atoms with Crippen LogP contribution in [-0.2, 0) is 9.59 Å². The third kappa shape index (κ3) is 7.27. The van der Waals surface area contributed by atoms with E-state index in [-0.39, 0.29) is 11.8 Å². The van der Waals surface area contributed by atoms with Gasteiger partial charge in [-0.15, -0.1) is 0 Å². The molecule has 2 amide bonds. The predicted molar refractivity (Wildman–Crippen MR) is 70.9 cm³/mol. The molecule has 1 saturated heterocycles. The summed E-state index contributed by atoms with van der Waals surface area (Å²) in [5.74, 6) is 0.505. The van der Waals surface area contributed by atoms with E-state index in [9.17, 15) is 9.59 Å². The van der Waals surface area contributed by atoms with E-state index in [2.05, 4.69) is 10.6 Å². The van der Waals surface area contributed by atoms with Crippen LogP contribution in [0.1, 0.15) is 44.9 Å². The van der Waals surface area contributed by atoms with Crippen molar-refractivity contribution in [3.8, 4) is 0 Å². The average Bonchev–Trinajstić information content (AvgIpc) is 2.37. The van der Waals surface area contributed by atoms with Crippen LogP contribution in [0.25, 0.3) is 0 Å². The van der Waals surface area contributed by atoms with E-state index in [0.29, 0.717) is 25.3 Å². The Morgan fingerprint density at radius 3 is 2.78 bits per heavy atom. The predicted octanol–water partition coefficient (Wildman–Crippen LogP) is 0.538. The molecule has 0 aromatic carbocycles. The summed E-state index contributed by atoms with van der Waals surface area (Å²) in [6.45, 7) is 2.81. The lowest BCUT2D eigenvalue weighted by molar-refractivity contribution is -0.121. The lowest BCUT2D eigenvalue weighted by atomic mass is 9.94. The number of unbranched alkanes of at least 4 members (excludes halogenated alkanes) is 1. The van der Waals surface area contributed by atoms with Gasteiger partial charge in [-0.1, -0.05) is 0 Å². The minimum absolute atomic E-state index is 0.125. The highest BCUT2D eigenvalue weighted by atomic mass is 16.1. The van der Waals surface area contributed by atoms with E-state index in [1.165, 1.54) is 12.8 Å². The van der Waals surface area contributed by atoms with Crippen molar-refractivity contribution in [1.82, 2.24) is 10.6 Å². The zero-order chi connectivity index (χ0) is 13.2. The second-order valence-corrected chi connectivity index (χ2v) is 5.02. The minimum Gasteiger partial charge on any atom is -0.370 e. The van der Waals surface area contributed by atoms with Crippen LogP contribution in [0, 0.1) is 5.92 Å². The normalized spacial score (nSPS) is 19.4. The van der Waals surface area contributed by atoms with Gasteiger partial charge in [-0.25, -0.2) is 0 Å². The molecule has 0 aliphatic carbocycles. The van der Waals surface area contributed by atoms with Gasteiger partial charge in [-0.05, 0) is 51.1 Å². The van der Waals surface area contributed by atoms with Crippen LogP contribution in [0.2, 0.25) is 0 Å². The van der Waals surface area contributed by atoms with E-state index in [1.807, 2.05) is 0 Å². The lowest BCUT2D eigenvalue weighted by Crippen LogP contribution is -2.31. The third-order valence-corrected chi connectivity index (χ3v) is 3.35. The monoisotopic (exact) mass is 255 g/mol. The fraction of sp³-hybridized carbons (Fsp3) is 0.846. The second kappa shape index (κ2) is 8.91. The van der Waals surface area contributed by atoms with Gasteiger partial charge in [-0.3, -0.25) is 9.59 Å². The molecule has 1 rings (SSSR count).